The number of hydroxylamine groups is 1. The Labute approximate surface area is 226 Å². The summed E-state index contributed by atoms with van der Waals surface area (Å²) in [6.07, 6.45) is 5.59. The maximum atomic E-state index is 13.5. The van der Waals surface area contributed by atoms with Crippen molar-refractivity contribution >= 4 is 34.5 Å². The van der Waals surface area contributed by atoms with Crippen molar-refractivity contribution in [2.75, 3.05) is 25.2 Å². The van der Waals surface area contributed by atoms with E-state index >= 15 is 0 Å². The van der Waals surface area contributed by atoms with E-state index in [1.165, 1.54) is 11.2 Å². The van der Waals surface area contributed by atoms with E-state index in [-0.39, 0.29) is 18.4 Å². The van der Waals surface area contributed by atoms with Gasteiger partial charge < -0.3 is 13.9 Å². The topological polar surface area (TPSA) is 90.2 Å². The molecule has 0 aliphatic carbocycles. The number of nitrogens with zero attached hydrogens (tertiary/aromatic N) is 1. The maximum absolute atomic E-state index is 13.5. The van der Waals surface area contributed by atoms with Crippen LogP contribution in [0.15, 0.2) is 95.1 Å². The van der Waals surface area contributed by atoms with Crippen LogP contribution in [0.5, 0.6) is 5.75 Å². The molecule has 2 heterocycles. The van der Waals surface area contributed by atoms with Gasteiger partial charge in [0.1, 0.15) is 12.4 Å². The normalized spacial score (nSPS) is 15.6. The van der Waals surface area contributed by atoms with Gasteiger partial charge in [0.15, 0.2) is 6.29 Å². The van der Waals surface area contributed by atoms with Gasteiger partial charge in [-0.15, -0.1) is 0 Å². The summed E-state index contributed by atoms with van der Waals surface area (Å²) in [5, 5.41) is 2.01. The first-order valence-corrected chi connectivity index (χ1v) is 12.9. The minimum absolute atomic E-state index is 0.0371. The van der Waals surface area contributed by atoms with E-state index in [1.807, 2.05) is 42.5 Å². The summed E-state index contributed by atoms with van der Waals surface area (Å²) in [5.74, 6) is 0.465. The number of hydrogen-bond donors (Lipinski definition) is 1. The highest BCUT2D eigenvalue weighted by Crippen LogP contribution is 2.26. The maximum Gasteiger partial charge on any atom is 0.274 e. The van der Waals surface area contributed by atoms with E-state index in [0.717, 1.165) is 35.6 Å². The van der Waals surface area contributed by atoms with Crippen LogP contribution in [-0.2, 0) is 14.4 Å². The van der Waals surface area contributed by atoms with Crippen molar-refractivity contribution in [3.63, 3.8) is 0 Å². The van der Waals surface area contributed by atoms with Crippen LogP contribution in [0.3, 0.4) is 0 Å². The lowest BCUT2D eigenvalue weighted by Crippen LogP contribution is -2.33. The van der Waals surface area contributed by atoms with Gasteiger partial charge in [0.05, 0.1) is 11.8 Å². The molecule has 8 heteroatoms. The van der Waals surface area contributed by atoms with Gasteiger partial charge in [0.2, 0.25) is 5.88 Å². The lowest BCUT2D eigenvalue weighted by atomic mass is 10.1. The summed E-state index contributed by atoms with van der Waals surface area (Å²) in [5.41, 5.74) is 4.04. The van der Waals surface area contributed by atoms with Crippen LogP contribution in [0, 0.1) is 0 Å². The Morgan fingerprint density at radius 2 is 1.82 bits per heavy atom. The van der Waals surface area contributed by atoms with Crippen molar-refractivity contribution in [3.8, 4) is 5.75 Å². The number of likely N-dealkylation sites (N-methyl/N-ethyl adjacent to an activating group) is 1. The van der Waals surface area contributed by atoms with Crippen molar-refractivity contribution in [2.24, 2.45) is 0 Å². The zero-order valence-electron chi connectivity index (χ0n) is 21.7. The number of hydrogen-bond acceptors (Lipinski definition) is 6. The molecule has 200 valence electrons. The Bertz CT molecular complexity index is 1430. The number of amides is 2. The number of nitrogens with one attached hydrogen (secondary N) is 1. The first-order valence-electron chi connectivity index (χ1n) is 12.9. The van der Waals surface area contributed by atoms with Gasteiger partial charge in [0, 0.05) is 37.1 Å². The van der Waals surface area contributed by atoms with E-state index in [9.17, 15) is 9.59 Å². The van der Waals surface area contributed by atoms with Crippen LogP contribution in [0.25, 0.3) is 16.8 Å². The van der Waals surface area contributed by atoms with Crippen LogP contribution in [-0.4, -0.2) is 38.4 Å². The van der Waals surface area contributed by atoms with Crippen LogP contribution >= 0.6 is 0 Å². The Morgan fingerprint density at radius 3 is 2.59 bits per heavy atom. The van der Waals surface area contributed by atoms with Crippen molar-refractivity contribution in [3.05, 3.63) is 102 Å². The summed E-state index contributed by atoms with van der Waals surface area (Å²) in [4.78, 5) is 32.8. The number of carbonyl (C=O) groups excluding carboxylic acids is 2. The molecule has 39 heavy (non-hydrogen) atoms. The third-order valence-corrected chi connectivity index (χ3v) is 6.48. The molecule has 4 aromatic rings. The van der Waals surface area contributed by atoms with Gasteiger partial charge in [-0.25, -0.2) is 10.3 Å². The minimum atomic E-state index is -0.425. The third-order valence-electron chi connectivity index (χ3n) is 6.48. The van der Waals surface area contributed by atoms with Crippen LogP contribution < -0.4 is 15.1 Å². The molecule has 0 bridgehead atoms. The molecule has 1 atom stereocenters. The second-order valence-electron chi connectivity index (χ2n) is 9.22. The summed E-state index contributed by atoms with van der Waals surface area (Å²) in [6.45, 7) is 0.664. The smallest absolute Gasteiger partial charge is 0.274 e. The Balaban J connectivity index is 1.33. The first kappa shape index (κ1) is 26.2. The molecule has 0 radical (unpaired) electrons. The van der Waals surface area contributed by atoms with E-state index in [0.29, 0.717) is 29.4 Å². The number of anilines is 1. The zero-order chi connectivity index (χ0) is 27.0. The lowest BCUT2D eigenvalue weighted by Gasteiger charge is -2.22. The molecular formula is C31H30N2O6. The Hall–Kier alpha value is -4.40. The zero-order valence-corrected chi connectivity index (χ0v) is 21.7. The van der Waals surface area contributed by atoms with Gasteiger partial charge in [0.25, 0.3) is 11.8 Å². The largest absolute Gasteiger partial charge is 0.488 e. The van der Waals surface area contributed by atoms with Gasteiger partial charge in [-0.3, -0.25) is 14.5 Å². The SMILES string of the molecule is CN(C(=O)/C(=C/c1ccc(C(=O)NOC2CCCCO2)cc1)COc1cccc2ccccc12)c1ccco1. The highest BCUT2D eigenvalue weighted by atomic mass is 16.8. The molecule has 8 nitrogen and oxygen atoms in total. The number of benzene rings is 3. The van der Waals surface area contributed by atoms with Crippen molar-refractivity contribution in [1.82, 2.24) is 5.48 Å². The quantitative estimate of drug-likeness (QED) is 0.221. The average Bonchev–Trinajstić information content (AvgIpc) is 3.53. The number of ether oxygens (including phenoxy) is 2. The third kappa shape index (κ3) is 6.54. The molecule has 2 amide bonds. The summed E-state index contributed by atoms with van der Waals surface area (Å²) in [6, 6.07) is 24.1. The predicted molar refractivity (Wildman–Crippen MR) is 148 cm³/mol. The van der Waals surface area contributed by atoms with E-state index < -0.39 is 6.29 Å². The number of fused-ring (bicyclic) bond motifs is 1. The second kappa shape index (κ2) is 12.4. The van der Waals surface area contributed by atoms with Crippen molar-refractivity contribution in [2.45, 2.75) is 25.6 Å². The second-order valence-corrected chi connectivity index (χ2v) is 9.22. The standard InChI is InChI=1S/C31H30N2O6/c1-33(28-12-7-19-36-28)31(35)25(21-38-27-11-6-9-23-8-2-3-10-26(23)27)20-22-14-16-24(17-15-22)30(34)32-39-29-13-4-5-18-37-29/h2-3,6-12,14-17,19-20,29H,4-5,13,18,21H2,1H3,(H,32,34)/b25-20+. The molecule has 1 unspecified atom stereocenters. The van der Waals surface area contributed by atoms with Gasteiger partial charge in [-0.1, -0.05) is 48.5 Å². The van der Waals surface area contributed by atoms with Gasteiger partial charge in [-0.2, -0.15) is 0 Å². The molecule has 0 saturated carbocycles. The van der Waals surface area contributed by atoms with Crippen molar-refractivity contribution < 1.29 is 28.3 Å². The lowest BCUT2D eigenvalue weighted by molar-refractivity contribution is -0.186. The number of carbonyl (C=O) groups is 2. The predicted octanol–water partition coefficient (Wildman–Crippen LogP) is 5.75. The molecular weight excluding hydrogens is 496 g/mol. The fraction of sp³-hybridized carbons (Fsp3) is 0.226. The monoisotopic (exact) mass is 526 g/mol. The van der Waals surface area contributed by atoms with Crippen molar-refractivity contribution in [1.29, 1.82) is 0 Å². The summed E-state index contributed by atoms with van der Waals surface area (Å²) >= 11 is 0. The Morgan fingerprint density at radius 1 is 1.00 bits per heavy atom. The summed E-state index contributed by atoms with van der Waals surface area (Å²) in [7, 11) is 1.65. The van der Waals surface area contributed by atoms with E-state index in [2.05, 4.69) is 5.48 Å². The Kier molecular flexibility index (Phi) is 8.36. The molecule has 3 aromatic carbocycles. The fourth-order valence-corrected chi connectivity index (χ4v) is 4.33. The number of furan rings is 1. The van der Waals surface area contributed by atoms with E-state index in [1.54, 1.807) is 49.5 Å². The molecule has 1 N–H and O–H groups in total. The molecule has 1 aliphatic rings. The first-order chi connectivity index (χ1) is 19.1. The molecule has 5 rings (SSSR count). The average molecular weight is 527 g/mol. The van der Waals surface area contributed by atoms with Crippen LogP contribution in [0.1, 0.15) is 35.2 Å². The minimum Gasteiger partial charge on any atom is -0.488 e. The molecule has 0 spiro atoms. The molecule has 1 aliphatic heterocycles. The fourth-order valence-electron chi connectivity index (χ4n) is 4.33. The molecule has 1 fully saturated rings. The number of rotatable bonds is 9. The molecule has 1 aromatic heterocycles. The van der Waals surface area contributed by atoms with E-state index in [4.69, 9.17) is 18.7 Å². The van der Waals surface area contributed by atoms with Crippen LogP contribution in [0.4, 0.5) is 5.88 Å². The highest BCUT2D eigenvalue weighted by Gasteiger charge is 2.20. The highest BCUT2D eigenvalue weighted by molar-refractivity contribution is 6.07. The van der Waals surface area contributed by atoms with Gasteiger partial charge >= 0.3 is 0 Å². The summed E-state index contributed by atoms with van der Waals surface area (Å²) < 4.78 is 17.0. The van der Waals surface area contributed by atoms with Gasteiger partial charge in [-0.05, 0) is 54.1 Å². The van der Waals surface area contributed by atoms with Crippen LogP contribution in [0.2, 0.25) is 0 Å². The molecule has 1 saturated heterocycles.